The summed E-state index contributed by atoms with van der Waals surface area (Å²) < 4.78 is 2.39. The highest BCUT2D eigenvalue weighted by atomic mass is 32.1. The molecule has 0 bridgehead atoms. The number of hydrogen-bond acceptors (Lipinski definition) is 4. The van der Waals surface area contributed by atoms with Crippen LogP contribution in [-0.4, -0.2) is 27.7 Å². The lowest BCUT2D eigenvalue weighted by atomic mass is 10.1. The Kier molecular flexibility index (Phi) is 4.37. The van der Waals surface area contributed by atoms with Gasteiger partial charge in [-0.1, -0.05) is 19.1 Å². The van der Waals surface area contributed by atoms with E-state index in [4.69, 9.17) is 12.2 Å². The second-order valence-corrected chi connectivity index (χ2v) is 6.42. The maximum atomic E-state index is 12.4. The van der Waals surface area contributed by atoms with Crippen molar-refractivity contribution in [1.82, 2.24) is 14.5 Å². The molecule has 2 N–H and O–H groups in total. The molecular weight excluding hydrogens is 308 g/mol. The number of benzene rings is 1. The standard InChI is InChI=1S/C17H22N4OS/c1-4-8-20-9-13-15(18-10-20)21(17(23)19-16(13)22)14-7-5-6-11(2)12(14)3/h5-7,18H,4,8-10H2,1-3H3,(H,19,22,23). The number of nitrogens with zero attached hydrogens (tertiary/aromatic N) is 2. The second-order valence-electron chi connectivity index (χ2n) is 6.03. The summed E-state index contributed by atoms with van der Waals surface area (Å²) in [7, 11) is 0. The molecule has 0 amide bonds. The molecule has 1 aliphatic rings. The summed E-state index contributed by atoms with van der Waals surface area (Å²) in [5.41, 5.74) is 4.03. The Hall–Kier alpha value is -1.92. The van der Waals surface area contributed by atoms with Gasteiger partial charge in [-0.05, 0) is 56.2 Å². The van der Waals surface area contributed by atoms with Crippen LogP contribution in [0, 0.1) is 18.6 Å². The number of hydrogen-bond donors (Lipinski definition) is 2. The van der Waals surface area contributed by atoms with Crippen molar-refractivity contribution in [1.29, 1.82) is 0 Å². The summed E-state index contributed by atoms with van der Waals surface area (Å²) in [4.78, 5) is 17.4. The van der Waals surface area contributed by atoms with Gasteiger partial charge < -0.3 is 5.32 Å². The third kappa shape index (κ3) is 2.84. The summed E-state index contributed by atoms with van der Waals surface area (Å²) in [5.74, 6) is 0.819. The largest absolute Gasteiger partial charge is 0.358 e. The molecule has 0 aliphatic carbocycles. The van der Waals surface area contributed by atoms with Crippen molar-refractivity contribution >= 4 is 18.0 Å². The quantitative estimate of drug-likeness (QED) is 0.849. The zero-order chi connectivity index (χ0) is 16.6. The van der Waals surface area contributed by atoms with Gasteiger partial charge in [0.05, 0.1) is 17.9 Å². The average molecular weight is 330 g/mol. The Balaban J connectivity index is 2.20. The normalized spacial score (nSPS) is 14.4. The van der Waals surface area contributed by atoms with Gasteiger partial charge in [0.2, 0.25) is 0 Å². The number of rotatable bonds is 3. The van der Waals surface area contributed by atoms with Crippen LogP contribution in [0.4, 0.5) is 5.82 Å². The molecule has 6 heteroatoms. The summed E-state index contributed by atoms with van der Waals surface area (Å²) in [6.45, 7) is 8.64. The molecular formula is C17H22N4OS. The van der Waals surface area contributed by atoms with Crippen molar-refractivity contribution in [3.05, 3.63) is 50.0 Å². The predicted octanol–water partition coefficient (Wildman–Crippen LogP) is 3.11. The van der Waals surface area contributed by atoms with Crippen LogP contribution in [0.3, 0.4) is 0 Å². The number of anilines is 1. The highest BCUT2D eigenvalue weighted by Crippen LogP contribution is 2.26. The maximum absolute atomic E-state index is 12.4. The summed E-state index contributed by atoms with van der Waals surface area (Å²) in [6.07, 6.45) is 1.06. The van der Waals surface area contributed by atoms with Gasteiger partial charge in [0.1, 0.15) is 5.82 Å². The molecule has 0 saturated heterocycles. The van der Waals surface area contributed by atoms with Gasteiger partial charge in [-0.15, -0.1) is 0 Å². The first-order valence-electron chi connectivity index (χ1n) is 7.94. The SMILES string of the molecule is CCCN1CNc2c(c(=O)[nH]c(=S)n2-c2cccc(C)c2C)C1. The fraction of sp³-hybridized carbons (Fsp3) is 0.412. The Labute approximate surface area is 141 Å². The molecule has 1 aromatic heterocycles. The van der Waals surface area contributed by atoms with Crippen LogP contribution in [0.2, 0.25) is 0 Å². The van der Waals surface area contributed by atoms with E-state index >= 15 is 0 Å². The molecule has 0 saturated carbocycles. The zero-order valence-corrected chi connectivity index (χ0v) is 14.6. The fourth-order valence-electron chi connectivity index (χ4n) is 3.05. The molecule has 0 spiro atoms. The number of aromatic nitrogens is 2. The Morgan fingerprint density at radius 2 is 2.09 bits per heavy atom. The van der Waals surface area contributed by atoms with E-state index in [-0.39, 0.29) is 5.56 Å². The smallest absolute Gasteiger partial charge is 0.258 e. The highest BCUT2D eigenvalue weighted by Gasteiger charge is 2.22. The molecule has 0 fully saturated rings. The maximum Gasteiger partial charge on any atom is 0.258 e. The first kappa shape index (κ1) is 16.0. The van der Waals surface area contributed by atoms with E-state index in [1.54, 1.807) is 0 Å². The Bertz CT molecular complexity index is 853. The molecule has 2 aromatic rings. The minimum Gasteiger partial charge on any atom is -0.358 e. The molecule has 0 unspecified atom stereocenters. The van der Waals surface area contributed by atoms with Crippen molar-refractivity contribution in [2.45, 2.75) is 33.7 Å². The van der Waals surface area contributed by atoms with Crippen LogP contribution in [0.5, 0.6) is 0 Å². The molecule has 122 valence electrons. The number of aromatic amines is 1. The van der Waals surface area contributed by atoms with Crippen LogP contribution in [0.25, 0.3) is 5.69 Å². The van der Waals surface area contributed by atoms with E-state index in [0.29, 0.717) is 11.3 Å². The zero-order valence-electron chi connectivity index (χ0n) is 13.8. The van der Waals surface area contributed by atoms with Crippen molar-refractivity contribution in [2.24, 2.45) is 0 Å². The third-order valence-electron chi connectivity index (χ3n) is 4.42. The van der Waals surface area contributed by atoms with Crippen LogP contribution in [-0.2, 0) is 6.54 Å². The molecule has 23 heavy (non-hydrogen) atoms. The van der Waals surface area contributed by atoms with Crippen molar-refractivity contribution < 1.29 is 0 Å². The molecule has 3 rings (SSSR count). The Morgan fingerprint density at radius 1 is 1.30 bits per heavy atom. The lowest BCUT2D eigenvalue weighted by molar-refractivity contribution is 0.273. The fourth-order valence-corrected chi connectivity index (χ4v) is 3.34. The second kappa shape index (κ2) is 6.29. The van der Waals surface area contributed by atoms with Gasteiger partial charge in [0.25, 0.3) is 5.56 Å². The average Bonchev–Trinajstić information content (AvgIpc) is 2.52. The van der Waals surface area contributed by atoms with Crippen LogP contribution in [0.15, 0.2) is 23.0 Å². The van der Waals surface area contributed by atoms with Gasteiger partial charge in [-0.3, -0.25) is 19.2 Å². The topological polar surface area (TPSA) is 53.1 Å². The van der Waals surface area contributed by atoms with Crippen LogP contribution in [0.1, 0.15) is 30.0 Å². The van der Waals surface area contributed by atoms with E-state index < -0.39 is 0 Å². The predicted molar refractivity (Wildman–Crippen MR) is 95.9 cm³/mol. The van der Waals surface area contributed by atoms with Crippen molar-refractivity contribution in [2.75, 3.05) is 18.5 Å². The molecule has 1 aliphatic heterocycles. The van der Waals surface area contributed by atoms with E-state index in [0.717, 1.165) is 42.3 Å². The monoisotopic (exact) mass is 330 g/mol. The Morgan fingerprint density at radius 3 is 2.83 bits per heavy atom. The first-order valence-corrected chi connectivity index (χ1v) is 8.34. The molecule has 2 heterocycles. The number of nitrogens with one attached hydrogen (secondary N) is 2. The molecule has 0 atom stereocenters. The van der Waals surface area contributed by atoms with Gasteiger partial charge in [0.15, 0.2) is 4.77 Å². The lowest BCUT2D eigenvalue weighted by Gasteiger charge is -2.31. The van der Waals surface area contributed by atoms with Crippen molar-refractivity contribution in [3.8, 4) is 5.69 Å². The molecule has 0 radical (unpaired) electrons. The van der Waals surface area contributed by atoms with E-state index in [9.17, 15) is 4.79 Å². The summed E-state index contributed by atoms with van der Waals surface area (Å²) in [6, 6.07) is 6.14. The first-order chi connectivity index (χ1) is 11.0. The van der Waals surface area contributed by atoms with Gasteiger partial charge >= 0.3 is 0 Å². The van der Waals surface area contributed by atoms with E-state index in [1.165, 1.54) is 5.56 Å². The van der Waals surface area contributed by atoms with E-state index in [2.05, 4.69) is 42.0 Å². The number of H-pyrrole nitrogens is 1. The van der Waals surface area contributed by atoms with Gasteiger partial charge in [-0.2, -0.15) is 0 Å². The summed E-state index contributed by atoms with van der Waals surface area (Å²) in [5, 5.41) is 3.40. The van der Waals surface area contributed by atoms with Gasteiger partial charge in [-0.25, -0.2) is 0 Å². The molecule has 1 aromatic carbocycles. The van der Waals surface area contributed by atoms with Gasteiger partial charge in [0, 0.05) is 6.54 Å². The number of aryl methyl sites for hydroxylation is 1. The third-order valence-corrected chi connectivity index (χ3v) is 4.70. The van der Waals surface area contributed by atoms with Crippen molar-refractivity contribution in [3.63, 3.8) is 0 Å². The molecule has 5 nitrogen and oxygen atoms in total. The lowest BCUT2D eigenvalue weighted by Crippen LogP contribution is -2.39. The number of fused-ring (bicyclic) bond motifs is 1. The highest BCUT2D eigenvalue weighted by molar-refractivity contribution is 7.71. The van der Waals surface area contributed by atoms with Crippen LogP contribution >= 0.6 is 12.2 Å². The van der Waals surface area contributed by atoms with Crippen LogP contribution < -0.4 is 10.9 Å². The van der Waals surface area contributed by atoms with E-state index in [1.807, 2.05) is 16.7 Å². The minimum atomic E-state index is -0.0974. The summed E-state index contributed by atoms with van der Waals surface area (Å²) >= 11 is 5.44. The minimum absolute atomic E-state index is 0.0974.